The Hall–Kier alpha value is -2.23. The zero-order valence-corrected chi connectivity index (χ0v) is 25.0. The van der Waals surface area contributed by atoms with Crippen LogP contribution in [0.3, 0.4) is 0 Å². The van der Waals surface area contributed by atoms with Crippen LogP contribution in [0.15, 0.2) is 60.7 Å². The monoisotopic (exact) mass is 541 g/mol. The van der Waals surface area contributed by atoms with Crippen LogP contribution in [-0.4, -0.2) is 56.9 Å². The van der Waals surface area contributed by atoms with Gasteiger partial charge in [-0.15, -0.1) is 0 Å². The van der Waals surface area contributed by atoms with Crippen molar-refractivity contribution in [2.24, 2.45) is 0 Å². The van der Waals surface area contributed by atoms with Crippen molar-refractivity contribution in [3.8, 4) is 0 Å². The zero-order valence-electron chi connectivity index (χ0n) is 24.0. The third-order valence-corrected chi connectivity index (χ3v) is 12.3. The molecule has 8 heteroatoms. The molecule has 4 atom stereocenters. The molecule has 2 aromatic rings. The molecule has 2 bridgehead atoms. The molecule has 1 amide bonds. The van der Waals surface area contributed by atoms with Gasteiger partial charge in [0.25, 0.3) is 8.32 Å². The minimum Gasteiger partial charge on any atom is -0.444 e. The number of rotatable bonds is 7. The molecule has 2 fully saturated rings. The van der Waals surface area contributed by atoms with Gasteiger partial charge in [-0.3, -0.25) is 0 Å². The lowest BCUT2D eigenvalue weighted by molar-refractivity contribution is -0.383. The highest BCUT2D eigenvalue weighted by Gasteiger charge is 2.61. The fraction of sp³-hybridized carbons (Fsp3) is 0.567. The lowest BCUT2D eigenvalue weighted by Crippen LogP contribution is -2.71. The molecule has 208 valence electrons. The summed E-state index contributed by atoms with van der Waals surface area (Å²) in [6.07, 6.45) is -0.434. The largest absolute Gasteiger partial charge is 0.444 e. The Bertz CT molecular complexity index is 1060. The SMILES string of the molecule is CC(O[Si](c1ccccc1)(c1ccccc1)C(C)(C)C)[C@H](NC(=O)OC(C)(C)C)C12OCCC(C)(CO1)O2. The molecule has 38 heavy (non-hydrogen) atoms. The topological polar surface area (TPSA) is 75.3 Å². The van der Waals surface area contributed by atoms with E-state index in [9.17, 15) is 4.79 Å². The fourth-order valence-corrected chi connectivity index (χ4v) is 10.2. The van der Waals surface area contributed by atoms with E-state index in [-0.39, 0.29) is 5.04 Å². The summed E-state index contributed by atoms with van der Waals surface area (Å²) in [7, 11) is -2.95. The summed E-state index contributed by atoms with van der Waals surface area (Å²) in [6, 6.07) is 20.0. The number of amides is 1. The lowest BCUT2D eigenvalue weighted by Gasteiger charge is -2.48. The Balaban J connectivity index is 1.79. The Morgan fingerprint density at radius 2 is 1.50 bits per heavy atom. The van der Waals surface area contributed by atoms with E-state index in [1.54, 1.807) is 0 Å². The van der Waals surface area contributed by atoms with Gasteiger partial charge in [0, 0.05) is 6.42 Å². The van der Waals surface area contributed by atoms with Crippen LogP contribution in [0.1, 0.15) is 61.8 Å². The first kappa shape index (κ1) is 28.8. The number of ether oxygens (including phenoxy) is 4. The molecule has 1 N–H and O–H groups in total. The summed E-state index contributed by atoms with van der Waals surface area (Å²) >= 11 is 0. The molecule has 0 spiro atoms. The summed E-state index contributed by atoms with van der Waals surface area (Å²) in [6.45, 7) is 16.9. The minimum absolute atomic E-state index is 0.253. The number of nitrogens with one attached hydrogen (secondary N) is 1. The van der Waals surface area contributed by atoms with Crippen molar-refractivity contribution < 1.29 is 28.2 Å². The molecule has 0 radical (unpaired) electrons. The van der Waals surface area contributed by atoms with E-state index in [2.05, 4.69) is 50.4 Å². The molecular formula is C30H43NO6Si. The molecule has 7 nitrogen and oxygen atoms in total. The molecule has 4 rings (SSSR count). The maximum absolute atomic E-state index is 13.1. The van der Waals surface area contributed by atoms with E-state index >= 15 is 0 Å². The van der Waals surface area contributed by atoms with Crippen molar-refractivity contribution in [3.05, 3.63) is 60.7 Å². The Kier molecular flexibility index (Phi) is 7.87. The first-order valence-corrected chi connectivity index (χ1v) is 15.4. The highest BCUT2D eigenvalue weighted by Crippen LogP contribution is 2.44. The molecule has 0 aliphatic carbocycles. The van der Waals surface area contributed by atoms with Gasteiger partial charge >= 0.3 is 12.1 Å². The highest BCUT2D eigenvalue weighted by molar-refractivity contribution is 6.99. The molecule has 0 saturated carbocycles. The second-order valence-corrected chi connectivity index (χ2v) is 16.9. The molecule has 2 aliphatic heterocycles. The van der Waals surface area contributed by atoms with Crippen molar-refractivity contribution in [2.75, 3.05) is 13.2 Å². The van der Waals surface area contributed by atoms with Gasteiger partial charge < -0.3 is 28.7 Å². The standard InChI is InChI=1S/C30H43NO6Si/c1-22(25(31-26(32)35-27(2,3)4)30-33-20-19-29(8,37-30)21-34-30)36-38(28(5,6)7,23-15-11-9-12-16-23)24-17-13-10-14-18-24/h9-18,22,25H,19-21H2,1-8H3,(H,31,32)/t22?,25-,29?,30?/m0/s1. The number of hydrogen-bond donors (Lipinski definition) is 1. The van der Waals surface area contributed by atoms with Crippen LogP contribution in [0.4, 0.5) is 4.79 Å². The van der Waals surface area contributed by atoms with Gasteiger partial charge in [0.15, 0.2) is 0 Å². The van der Waals surface area contributed by atoms with Crippen molar-refractivity contribution in [3.63, 3.8) is 0 Å². The Labute approximate surface area is 228 Å². The van der Waals surface area contributed by atoms with Gasteiger partial charge in [-0.1, -0.05) is 81.4 Å². The second kappa shape index (κ2) is 10.4. The van der Waals surface area contributed by atoms with Crippen LogP contribution in [0.25, 0.3) is 0 Å². The van der Waals surface area contributed by atoms with Crippen LogP contribution < -0.4 is 15.7 Å². The number of alkyl carbamates (subject to hydrolysis) is 1. The Morgan fingerprint density at radius 1 is 0.947 bits per heavy atom. The molecule has 2 saturated heterocycles. The number of fused-ring (bicyclic) bond motifs is 2. The molecule has 2 aromatic carbocycles. The van der Waals surface area contributed by atoms with E-state index in [4.69, 9.17) is 23.4 Å². The highest BCUT2D eigenvalue weighted by atomic mass is 28.4. The average Bonchev–Trinajstić information content (AvgIpc) is 3.08. The maximum Gasteiger partial charge on any atom is 0.408 e. The summed E-state index contributed by atoms with van der Waals surface area (Å²) < 4.78 is 31.8. The third kappa shape index (κ3) is 5.70. The molecule has 2 aliphatic rings. The van der Waals surface area contributed by atoms with Gasteiger partial charge in [0.2, 0.25) is 0 Å². The molecular weight excluding hydrogens is 498 g/mol. The summed E-state index contributed by atoms with van der Waals surface area (Å²) in [5.41, 5.74) is -1.17. The predicted molar refractivity (Wildman–Crippen MR) is 150 cm³/mol. The summed E-state index contributed by atoms with van der Waals surface area (Å²) in [4.78, 5) is 13.1. The first-order chi connectivity index (χ1) is 17.7. The third-order valence-electron chi connectivity index (χ3n) is 7.20. The van der Waals surface area contributed by atoms with Crippen LogP contribution >= 0.6 is 0 Å². The number of carbonyl (C=O) groups excluding carboxylic acids is 1. The fourth-order valence-electron chi connectivity index (χ4n) is 5.47. The lowest BCUT2D eigenvalue weighted by atomic mass is 10.0. The van der Waals surface area contributed by atoms with Crippen molar-refractivity contribution in [1.29, 1.82) is 0 Å². The zero-order chi connectivity index (χ0) is 27.8. The normalized spacial score (nSPS) is 25.5. The van der Waals surface area contributed by atoms with Crippen molar-refractivity contribution in [1.82, 2.24) is 5.32 Å². The summed E-state index contributed by atoms with van der Waals surface area (Å²) in [5, 5.41) is 5.05. The summed E-state index contributed by atoms with van der Waals surface area (Å²) in [5.74, 6) is -1.48. The van der Waals surface area contributed by atoms with Crippen molar-refractivity contribution in [2.45, 2.75) is 96.2 Å². The molecule has 3 unspecified atom stereocenters. The van der Waals surface area contributed by atoms with E-state index in [0.29, 0.717) is 19.6 Å². The van der Waals surface area contributed by atoms with E-state index in [0.717, 1.165) is 10.4 Å². The average molecular weight is 542 g/mol. The minimum atomic E-state index is -2.95. The number of benzene rings is 2. The number of carbonyl (C=O) groups is 1. The second-order valence-electron chi connectivity index (χ2n) is 12.7. The molecule has 0 aromatic heterocycles. The Morgan fingerprint density at radius 3 is 2.00 bits per heavy atom. The first-order valence-electron chi connectivity index (χ1n) is 13.5. The molecule has 2 heterocycles. The quantitative estimate of drug-likeness (QED) is 0.511. The van der Waals surface area contributed by atoms with E-state index in [1.807, 2.05) is 71.0 Å². The number of hydrogen-bond acceptors (Lipinski definition) is 6. The van der Waals surface area contributed by atoms with Crippen molar-refractivity contribution >= 4 is 24.8 Å². The van der Waals surface area contributed by atoms with E-state index in [1.165, 1.54) is 0 Å². The van der Waals surface area contributed by atoms with Crippen LogP contribution in [0, 0.1) is 0 Å². The smallest absolute Gasteiger partial charge is 0.408 e. The van der Waals surface area contributed by atoms with Gasteiger partial charge in [-0.25, -0.2) is 4.79 Å². The van der Waals surface area contributed by atoms with Gasteiger partial charge in [-0.2, -0.15) is 0 Å². The van der Waals surface area contributed by atoms with Crippen LogP contribution in [-0.2, 0) is 23.4 Å². The van der Waals surface area contributed by atoms with Gasteiger partial charge in [0.1, 0.15) is 11.6 Å². The van der Waals surface area contributed by atoms with E-state index < -0.39 is 43.7 Å². The van der Waals surface area contributed by atoms with Crippen LogP contribution in [0.2, 0.25) is 5.04 Å². The van der Waals surface area contributed by atoms with Gasteiger partial charge in [-0.05, 0) is 50.0 Å². The van der Waals surface area contributed by atoms with Crippen LogP contribution in [0.5, 0.6) is 0 Å². The predicted octanol–water partition coefficient (Wildman–Crippen LogP) is 4.72. The van der Waals surface area contributed by atoms with Gasteiger partial charge in [0.05, 0.1) is 24.9 Å². The maximum atomic E-state index is 13.1.